The Bertz CT molecular complexity index is 531. The maximum absolute atomic E-state index is 12.4. The van der Waals surface area contributed by atoms with Crippen LogP contribution in [0.25, 0.3) is 0 Å². The van der Waals surface area contributed by atoms with Crippen LogP contribution < -0.4 is 11.3 Å². The van der Waals surface area contributed by atoms with Gasteiger partial charge in [0.15, 0.2) is 0 Å². The molecule has 1 aliphatic carbocycles. The molecule has 1 aromatic rings. The molecule has 0 spiro atoms. The van der Waals surface area contributed by atoms with Gasteiger partial charge in [-0.15, -0.1) is 0 Å². The summed E-state index contributed by atoms with van der Waals surface area (Å²) in [4.78, 5) is 12.4. The van der Waals surface area contributed by atoms with Gasteiger partial charge in [-0.05, 0) is 43.7 Å². The molecule has 0 aromatic carbocycles. The van der Waals surface area contributed by atoms with Crippen molar-refractivity contribution in [2.45, 2.75) is 58.4 Å². The summed E-state index contributed by atoms with van der Waals surface area (Å²) in [6.07, 6.45) is 7.59. The number of nitrogens with one attached hydrogen (secondary N) is 1. The molecule has 3 N–H and O–H groups in total. The van der Waals surface area contributed by atoms with Gasteiger partial charge in [0, 0.05) is 12.2 Å². The van der Waals surface area contributed by atoms with Crippen LogP contribution in [-0.4, -0.2) is 10.4 Å². The predicted octanol–water partition coefficient (Wildman–Crippen LogP) is 2.20. The van der Waals surface area contributed by atoms with Crippen molar-refractivity contribution in [2.24, 2.45) is 5.73 Å². The number of hydrogen-bond acceptors (Lipinski definition) is 2. The Labute approximate surface area is 114 Å². The maximum atomic E-state index is 12.4. The third-order valence-corrected chi connectivity index (χ3v) is 3.88. The van der Waals surface area contributed by atoms with Crippen molar-refractivity contribution in [3.8, 4) is 0 Å². The number of aryl methyl sites for hydroxylation is 1. The van der Waals surface area contributed by atoms with Crippen LogP contribution in [0.2, 0.25) is 0 Å². The van der Waals surface area contributed by atoms with E-state index in [1.54, 1.807) is 0 Å². The molecule has 1 aliphatic rings. The van der Waals surface area contributed by atoms with E-state index < -0.39 is 0 Å². The second-order valence-electron chi connectivity index (χ2n) is 5.31. The largest absolute Gasteiger partial charge is 0.384 e. The highest BCUT2D eigenvalue weighted by Crippen LogP contribution is 2.21. The van der Waals surface area contributed by atoms with Gasteiger partial charge in [-0.1, -0.05) is 19.8 Å². The number of unbranched alkanes of at least 4 members (excludes halogenated alkanes) is 2. The molecule has 1 heterocycles. The Morgan fingerprint density at radius 1 is 1.37 bits per heavy atom. The molecule has 104 valence electrons. The average molecular weight is 261 g/mol. The molecule has 0 radical (unpaired) electrons. The first-order chi connectivity index (χ1) is 9.15. The van der Waals surface area contributed by atoms with Gasteiger partial charge in [-0.3, -0.25) is 10.2 Å². The highest BCUT2D eigenvalue weighted by atomic mass is 16.1. The monoisotopic (exact) mass is 261 g/mol. The number of aromatic nitrogens is 1. The van der Waals surface area contributed by atoms with Crippen LogP contribution in [0.4, 0.5) is 0 Å². The third-order valence-electron chi connectivity index (χ3n) is 3.88. The van der Waals surface area contributed by atoms with E-state index >= 15 is 0 Å². The molecule has 0 saturated heterocycles. The van der Waals surface area contributed by atoms with Gasteiger partial charge in [0.2, 0.25) is 0 Å². The number of pyridine rings is 1. The van der Waals surface area contributed by atoms with Crippen LogP contribution >= 0.6 is 0 Å². The summed E-state index contributed by atoms with van der Waals surface area (Å²) in [6.45, 7) is 2.92. The van der Waals surface area contributed by atoms with Gasteiger partial charge >= 0.3 is 0 Å². The highest BCUT2D eigenvalue weighted by molar-refractivity contribution is 5.94. The molecule has 0 bridgehead atoms. The number of amidine groups is 1. The van der Waals surface area contributed by atoms with E-state index in [0.717, 1.165) is 51.5 Å². The number of rotatable bonds is 5. The summed E-state index contributed by atoms with van der Waals surface area (Å²) in [5, 5.41) is 7.57. The minimum absolute atomic E-state index is 0.0794. The molecular formula is C15H23N3O. The molecule has 0 unspecified atom stereocenters. The maximum Gasteiger partial charge on any atom is 0.261 e. The molecule has 2 rings (SSSR count). The quantitative estimate of drug-likeness (QED) is 0.484. The van der Waals surface area contributed by atoms with Gasteiger partial charge in [0.05, 0.1) is 5.56 Å². The molecular weight excluding hydrogens is 238 g/mol. The van der Waals surface area contributed by atoms with Crippen molar-refractivity contribution in [2.75, 3.05) is 0 Å². The predicted molar refractivity (Wildman–Crippen MR) is 77.9 cm³/mol. The van der Waals surface area contributed by atoms with Gasteiger partial charge in [-0.2, -0.15) is 0 Å². The van der Waals surface area contributed by atoms with Crippen LogP contribution in [0, 0.1) is 5.41 Å². The van der Waals surface area contributed by atoms with Gasteiger partial charge in [-0.25, -0.2) is 0 Å². The molecule has 0 saturated carbocycles. The molecule has 0 fully saturated rings. The van der Waals surface area contributed by atoms with Crippen molar-refractivity contribution >= 4 is 5.84 Å². The van der Waals surface area contributed by atoms with Gasteiger partial charge in [0.1, 0.15) is 5.84 Å². The van der Waals surface area contributed by atoms with Crippen LogP contribution in [0.1, 0.15) is 55.8 Å². The summed E-state index contributed by atoms with van der Waals surface area (Å²) in [7, 11) is 0. The Balaban J connectivity index is 2.44. The molecule has 0 amide bonds. The summed E-state index contributed by atoms with van der Waals surface area (Å²) in [5.41, 5.74) is 8.23. The van der Waals surface area contributed by atoms with E-state index in [2.05, 4.69) is 6.92 Å². The summed E-state index contributed by atoms with van der Waals surface area (Å²) in [6, 6.07) is 1.84. The zero-order valence-electron chi connectivity index (χ0n) is 11.7. The fraction of sp³-hybridized carbons (Fsp3) is 0.600. The van der Waals surface area contributed by atoms with Crippen LogP contribution in [0.15, 0.2) is 10.9 Å². The molecule has 1 aromatic heterocycles. The van der Waals surface area contributed by atoms with Crippen LogP contribution in [0.3, 0.4) is 0 Å². The minimum atomic E-state index is -0.109. The van der Waals surface area contributed by atoms with E-state index in [4.69, 9.17) is 11.1 Å². The third kappa shape index (κ3) is 2.88. The van der Waals surface area contributed by atoms with E-state index in [0.29, 0.717) is 5.56 Å². The van der Waals surface area contributed by atoms with Gasteiger partial charge in [0.25, 0.3) is 5.56 Å². The second kappa shape index (κ2) is 6.04. The number of nitrogens with zero attached hydrogens (tertiary/aromatic N) is 1. The zero-order valence-corrected chi connectivity index (χ0v) is 11.7. The molecule has 4 nitrogen and oxygen atoms in total. The van der Waals surface area contributed by atoms with Crippen molar-refractivity contribution < 1.29 is 0 Å². The first-order valence-corrected chi connectivity index (χ1v) is 7.25. The summed E-state index contributed by atoms with van der Waals surface area (Å²) in [5.74, 6) is -0.109. The van der Waals surface area contributed by atoms with E-state index in [-0.39, 0.29) is 11.4 Å². The lowest BCUT2D eigenvalue weighted by Gasteiger charge is -2.22. The number of nitrogen functional groups attached to an aromatic ring is 1. The fourth-order valence-electron chi connectivity index (χ4n) is 2.83. The standard InChI is InChI=1S/C15H23N3O/c1-2-3-6-9-18-13-8-5-4-7-11(13)10-12(14(16)17)15(18)19/h10H,2-9H2,1H3,(H3,16,17). The topological polar surface area (TPSA) is 71.9 Å². The molecule has 4 heteroatoms. The fourth-order valence-corrected chi connectivity index (χ4v) is 2.83. The minimum Gasteiger partial charge on any atom is -0.384 e. The lowest BCUT2D eigenvalue weighted by Crippen LogP contribution is -2.33. The lowest BCUT2D eigenvalue weighted by atomic mass is 9.94. The first-order valence-electron chi connectivity index (χ1n) is 7.25. The highest BCUT2D eigenvalue weighted by Gasteiger charge is 2.18. The van der Waals surface area contributed by atoms with Gasteiger partial charge < -0.3 is 10.3 Å². The normalized spacial score (nSPS) is 14.2. The van der Waals surface area contributed by atoms with Crippen molar-refractivity contribution in [1.29, 1.82) is 5.41 Å². The molecule has 0 aliphatic heterocycles. The number of nitrogens with two attached hydrogens (primary N) is 1. The molecule has 0 atom stereocenters. The Hall–Kier alpha value is -1.58. The smallest absolute Gasteiger partial charge is 0.261 e. The van der Waals surface area contributed by atoms with Crippen molar-refractivity contribution in [3.63, 3.8) is 0 Å². The summed E-state index contributed by atoms with van der Waals surface area (Å²) >= 11 is 0. The average Bonchev–Trinajstić information content (AvgIpc) is 2.40. The first kappa shape index (κ1) is 13.8. The second-order valence-corrected chi connectivity index (χ2v) is 5.31. The number of fused-ring (bicyclic) bond motifs is 1. The Morgan fingerprint density at radius 2 is 2.11 bits per heavy atom. The SMILES string of the molecule is CCCCCn1c2c(cc(C(=N)N)c1=O)CCCC2. The van der Waals surface area contributed by atoms with Crippen LogP contribution in [0.5, 0.6) is 0 Å². The van der Waals surface area contributed by atoms with E-state index in [1.165, 1.54) is 11.3 Å². The summed E-state index contributed by atoms with van der Waals surface area (Å²) < 4.78 is 1.88. The Kier molecular flexibility index (Phi) is 4.40. The lowest BCUT2D eigenvalue weighted by molar-refractivity contribution is 0.536. The number of hydrogen-bond donors (Lipinski definition) is 2. The van der Waals surface area contributed by atoms with Crippen LogP contribution in [-0.2, 0) is 19.4 Å². The van der Waals surface area contributed by atoms with E-state index in [9.17, 15) is 4.79 Å². The zero-order chi connectivity index (χ0) is 13.8. The Morgan fingerprint density at radius 3 is 2.79 bits per heavy atom. The van der Waals surface area contributed by atoms with Crippen molar-refractivity contribution in [3.05, 3.63) is 33.2 Å². The molecule has 19 heavy (non-hydrogen) atoms. The van der Waals surface area contributed by atoms with E-state index in [1.807, 2.05) is 10.6 Å². The van der Waals surface area contributed by atoms with Crippen molar-refractivity contribution in [1.82, 2.24) is 4.57 Å².